The van der Waals surface area contributed by atoms with E-state index in [9.17, 15) is 10.1 Å². The highest BCUT2D eigenvalue weighted by Gasteiger charge is 2.45. The quantitative estimate of drug-likeness (QED) is 0.785. The Labute approximate surface area is 151 Å². The van der Waals surface area contributed by atoms with Gasteiger partial charge >= 0.3 is 0 Å². The molecule has 0 radical (unpaired) electrons. The summed E-state index contributed by atoms with van der Waals surface area (Å²) in [7, 11) is 0. The van der Waals surface area contributed by atoms with Gasteiger partial charge in [0.15, 0.2) is 11.4 Å². The lowest BCUT2D eigenvalue weighted by molar-refractivity contribution is -0.127. The first-order valence-electron chi connectivity index (χ1n) is 7.93. The van der Waals surface area contributed by atoms with E-state index in [0.717, 1.165) is 11.3 Å². The molecule has 1 unspecified atom stereocenters. The Bertz CT molecular complexity index is 932. The van der Waals surface area contributed by atoms with Gasteiger partial charge in [-0.3, -0.25) is 4.79 Å². The zero-order valence-electron chi connectivity index (χ0n) is 14.0. The minimum Gasteiger partial charge on any atom is -0.476 e. The van der Waals surface area contributed by atoms with E-state index < -0.39 is 5.60 Å². The molecule has 0 spiro atoms. The fraction of sp³-hybridized carbons (Fsp3) is 0.200. The van der Waals surface area contributed by atoms with E-state index >= 15 is 0 Å². The number of hydrogen-bond acceptors (Lipinski definition) is 3. The standard InChI is InChI=1S/C20H17ClN2O2/c1-4-20(3)19(24)15(12-22)18(25-20)17-11-10-16(23(17)5-2)13-6-8-14(21)9-7-13/h5-11H,2,4H2,1,3H3. The molecule has 2 heterocycles. The molecule has 1 aliphatic rings. The molecule has 0 amide bonds. The number of ketones is 1. The molecule has 0 saturated carbocycles. The van der Waals surface area contributed by atoms with Crippen molar-refractivity contribution in [3.63, 3.8) is 0 Å². The summed E-state index contributed by atoms with van der Waals surface area (Å²) in [5.74, 6) is 0.0225. The maximum absolute atomic E-state index is 12.5. The SMILES string of the molecule is C=Cn1c(C2=C(C#N)C(=O)C(C)(CC)O2)ccc1-c1ccc(Cl)cc1. The van der Waals surface area contributed by atoms with Crippen molar-refractivity contribution in [1.29, 1.82) is 5.26 Å². The first-order valence-corrected chi connectivity index (χ1v) is 8.31. The van der Waals surface area contributed by atoms with E-state index in [1.54, 1.807) is 25.3 Å². The maximum Gasteiger partial charge on any atom is 0.220 e. The fourth-order valence-electron chi connectivity index (χ4n) is 2.89. The average Bonchev–Trinajstić information content (AvgIpc) is 3.15. The Kier molecular flexibility index (Phi) is 4.28. The van der Waals surface area contributed by atoms with Gasteiger partial charge in [0.1, 0.15) is 11.6 Å². The Balaban J connectivity index is 2.15. The molecule has 2 aromatic rings. The van der Waals surface area contributed by atoms with E-state index in [0.29, 0.717) is 22.9 Å². The molecule has 1 aliphatic heterocycles. The van der Waals surface area contributed by atoms with Gasteiger partial charge in [-0.25, -0.2) is 0 Å². The monoisotopic (exact) mass is 352 g/mol. The number of halogens is 1. The molecular weight excluding hydrogens is 336 g/mol. The van der Waals surface area contributed by atoms with Gasteiger partial charge in [-0.2, -0.15) is 5.26 Å². The number of aromatic nitrogens is 1. The number of nitriles is 1. The second kappa shape index (κ2) is 6.27. The van der Waals surface area contributed by atoms with Crippen LogP contribution in [0.3, 0.4) is 0 Å². The van der Waals surface area contributed by atoms with Crippen molar-refractivity contribution in [3.05, 3.63) is 59.3 Å². The number of ether oxygens (including phenoxy) is 1. The molecule has 0 saturated heterocycles. The highest BCUT2D eigenvalue weighted by Crippen LogP contribution is 2.39. The van der Waals surface area contributed by atoms with Crippen LogP contribution in [-0.2, 0) is 9.53 Å². The van der Waals surface area contributed by atoms with Crippen molar-refractivity contribution in [3.8, 4) is 17.3 Å². The first kappa shape index (κ1) is 17.1. The Morgan fingerprint density at radius 3 is 2.48 bits per heavy atom. The van der Waals surface area contributed by atoms with Crippen molar-refractivity contribution >= 4 is 29.3 Å². The van der Waals surface area contributed by atoms with Crippen LogP contribution in [0.5, 0.6) is 0 Å². The van der Waals surface area contributed by atoms with Crippen LogP contribution in [-0.4, -0.2) is 16.0 Å². The van der Waals surface area contributed by atoms with Crippen molar-refractivity contribution in [2.75, 3.05) is 0 Å². The van der Waals surface area contributed by atoms with Gasteiger partial charge < -0.3 is 9.30 Å². The normalized spacial score (nSPS) is 19.7. The molecule has 4 nitrogen and oxygen atoms in total. The largest absolute Gasteiger partial charge is 0.476 e. The number of rotatable bonds is 4. The summed E-state index contributed by atoms with van der Waals surface area (Å²) in [4.78, 5) is 12.5. The third kappa shape index (κ3) is 2.67. The minimum absolute atomic E-state index is 0.0493. The lowest BCUT2D eigenvalue weighted by Crippen LogP contribution is -2.32. The van der Waals surface area contributed by atoms with E-state index in [2.05, 4.69) is 6.58 Å². The Morgan fingerprint density at radius 2 is 1.92 bits per heavy atom. The average molecular weight is 353 g/mol. The molecule has 5 heteroatoms. The van der Waals surface area contributed by atoms with Crippen molar-refractivity contribution in [1.82, 2.24) is 4.57 Å². The molecule has 126 valence electrons. The number of carbonyl (C=O) groups is 1. The number of benzene rings is 1. The van der Waals surface area contributed by atoms with Gasteiger partial charge in [-0.05, 0) is 43.2 Å². The van der Waals surface area contributed by atoms with E-state index in [4.69, 9.17) is 16.3 Å². The van der Waals surface area contributed by atoms with Crippen LogP contribution >= 0.6 is 11.6 Å². The summed E-state index contributed by atoms with van der Waals surface area (Å²) in [6, 6.07) is 13.1. The minimum atomic E-state index is -1.00. The lowest BCUT2D eigenvalue weighted by atomic mass is 9.95. The summed E-state index contributed by atoms with van der Waals surface area (Å²) in [6.07, 6.45) is 2.12. The van der Waals surface area contributed by atoms with Gasteiger partial charge in [0.25, 0.3) is 0 Å². The second-order valence-corrected chi connectivity index (χ2v) is 6.43. The highest BCUT2D eigenvalue weighted by atomic mass is 35.5. The summed E-state index contributed by atoms with van der Waals surface area (Å²) in [6.45, 7) is 7.43. The number of nitrogens with zero attached hydrogens (tertiary/aromatic N) is 2. The first-order chi connectivity index (χ1) is 11.9. The van der Waals surface area contributed by atoms with Gasteiger partial charge in [-0.15, -0.1) is 0 Å². The van der Waals surface area contributed by atoms with Gasteiger partial charge in [0, 0.05) is 11.2 Å². The molecule has 0 N–H and O–H groups in total. The van der Waals surface area contributed by atoms with Crippen molar-refractivity contribution in [2.45, 2.75) is 25.9 Å². The van der Waals surface area contributed by atoms with Crippen LogP contribution in [0.4, 0.5) is 0 Å². The topological polar surface area (TPSA) is 55.0 Å². The Morgan fingerprint density at radius 1 is 1.28 bits per heavy atom. The van der Waals surface area contributed by atoms with E-state index in [1.165, 1.54) is 0 Å². The summed E-state index contributed by atoms with van der Waals surface area (Å²) in [5, 5.41) is 10.1. The van der Waals surface area contributed by atoms with Crippen LogP contribution < -0.4 is 0 Å². The van der Waals surface area contributed by atoms with Gasteiger partial charge in [0.05, 0.1) is 11.4 Å². The van der Waals surface area contributed by atoms with Gasteiger partial charge in [-0.1, -0.05) is 37.2 Å². The second-order valence-electron chi connectivity index (χ2n) is 5.99. The van der Waals surface area contributed by atoms with Crippen molar-refractivity contribution < 1.29 is 9.53 Å². The van der Waals surface area contributed by atoms with Crippen LogP contribution in [0.1, 0.15) is 26.0 Å². The molecule has 1 aromatic heterocycles. The smallest absolute Gasteiger partial charge is 0.220 e. The fourth-order valence-corrected chi connectivity index (χ4v) is 3.02. The highest BCUT2D eigenvalue weighted by molar-refractivity contribution is 6.30. The third-order valence-electron chi connectivity index (χ3n) is 4.52. The molecule has 0 bridgehead atoms. The molecular formula is C20H17ClN2O2. The summed E-state index contributed by atoms with van der Waals surface area (Å²) >= 11 is 5.95. The van der Waals surface area contributed by atoms with Crippen LogP contribution in [0.25, 0.3) is 23.2 Å². The van der Waals surface area contributed by atoms with E-state index in [1.807, 2.05) is 41.8 Å². The van der Waals surface area contributed by atoms with Crippen LogP contribution in [0, 0.1) is 11.3 Å². The molecule has 3 rings (SSSR count). The third-order valence-corrected chi connectivity index (χ3v) is 4.77. The number of hydrogen-bond donors (Lipinski definition) is 0. The zero-order chi connectivity index (χ0) is 18.2. The number of Topliss-reactive ketones (excluding diaryl/α,β-unsaturated/α-hetero) is 1. The number of carbonyl (C=O) groups excluding carboxylic acids is 1. The molecule has 1 aromatic carbocycles. The maximum atomic E-state index is 12.5. The summed E-state index contributed by atoms with van der Waals surface area (Å²) in [5.41, 5.74) is 1.48. The van der Waals surface area contributed by atoms with Crippen LogP contribution in [0.15, 0.2) is 48.6 Å². The zero-order valence-corrected chi connectivity index (χ0v) is 14.8. The van der Waals surface area contributed by atoms with E-state index in [-0.39, 0.29) is 11.4 Å². The summed E-state index contributed by atoms with van der Waals surface area (Å²) < 4.78 is 7.74. The predicted octanol–water partition coefficient (Wildman–Crippen LogP) is 4.91. The lowest BCUT2D eigenvalue weighted by Gasteiger charge is -2.21. The molecule has 0 aliphatic carbocycles. The molecule has 1 atom stereocenters. The Hall–Kier alpha value is -2.77. The predicted molar refractivity (Wildman–Crippen MR) is 98.6 cm³/mol. The molecule has 25 heavy (non-hydrogen) atoms. The van der Waals surface area contributed by atoms with Crippen molar-refractivity contribution in [2.24, 2.45) is 0 Å². The molecule has 0 fully saturated rings. The van der Waals surface area contributed by atoms with Crippen LogP contribution in [0.2, 0.25) is 5.02 Å². The van der Waals surface area contributed by atoms with Gasteiger partial charge in [0.2, 0.25) is 5.78 Å².